The zero-order valence-corrected chi connectivity index (χ0v) is 23.4. The Hall–Kier alpha value is -4.09. The van der Waals surface area contributed by atoms with Crippen molar-refractivity contribution in [2.75, 3.05) is 60.7 Å². The Bertz CT molecular complexity index is 1460. The first-order chi connectivity index (χ1) is 19.3. The van der Waals surface area contributed by atoms with Gasteiger partial charge in [-0.2, -0.15) is 0 Å². The van der Waals surface area contributed by atoms with Crippen LogP contribution in [0.25, 0.3) is 11.4 Å². The molecule has 1 amide bonds. The zero-order chi connectivity index (χ0) is 28.6. The van der Waals surface area contributed by atoms with Crippen LogP contribution < -0.4 is 14.2 Å². The number of Topliss-reactive ketones (excluding diaryl/α,β-unsaturated/α-hetero) is 1. The van der Waals surface area contributed by atoms with Crippen LogP contribution in [-0.2, 0) is 14.3 Å². The van der Waals surface area contributed by atoms with E-state index in [9.17, 15) is 14.7 Å². The molecule has 0 radical (unpaired) electrons. The normalized spacial score (nSPS) is 19.4. The van der Waals surface area contributed by atoms with E-state index in [2.05, 4.69) is 9.88 Å². The van der Waals surface area contributed by atoms with Gasteiger partial charge in [-0.3, -0.25) is 18.9 Å². The van der Waals surface area contributed by atoms with Gasteiger partial charge in [0, 0.05) is 32.4 Å². The summed E-state index contributed by atoms with van der Waals surface area (Å²) in [6, 6.07) is 6.28. The van der Waals surface area contributed by atoms with Gasteiger partial charge in [-0.1, -0.05) is 6.07 Å². The molecule has 0 bridgehead atoms. The molecule has 1 atom stereocenters. The van der Waals surface area contributed by atoms with E-state index in [1.54, 1.807) is 29.7 Å². The molecule has 2 aliphatic rings. The van der Waals surface area contributed by atoms with Gasteiger partial charge < -0.3 is 29.0 Å². The first kappa shape index (κ1) is 27.5. The molecule has 3 aromatic rings. The number of nitrogens with zero attached hydrogens (tertiary/aromatic N) is 4. The molecule has 4 heterocycles. The predicted octanol–water partition coefficient (Wildman–Crippen LogP) is 2.73. The summed E-state index contributed by atoms with van der Waals surface area (Å²) < 4.78 is 23.8. The Morgan fingerprint density at radius 3 is 2.35 bits per heavy atom. The maximum atomic E-state index is 13.7. The minimum absolute atomic E-state index is 0.0207. The Morgan fingerprint density at radius 2 is 1.73 bits per heavy atom. The molecule has 11 nitrogen and oxygen atoms in total. The fourth-order valence-electron chi connectivity index (χ4n) is 5.52. The number of aliphatic hydroxyl groups excluding tert-OH is 1. The van der Waals surface area contributed by atoms with Crippen molar-refractivity contribution < 1.29 is 33.6 Å². The van der Waals surface area contributed by atoms with Gasteiger partial charge in [0.05, 0.1) is 51.9 Å². The SMILES string of the molecule is COc1cc([C@H]2C(=C(O)c3c(C)nc4c(C)cccn34)C(=O)C(=O)N2CCN2CCOCC2)cc(OC)c1OC. The number of ether oxygens (including phenoxy) is 4. The van der Waals surface area contributed by atoms with Crippen LogP contribution in [0.4, 0.5) is 0 Å². The molecular weight excluding hydrogens is 516 g/mol. The topological polar surface area (TPSA) is 115 Å². The number of carbonyl (C=O) groups is 2. The lowest BCUT2D eigenvalue weighted by molar-refractivity contribution is -0.140. The second kappa shape index (κ2) is 11.2. The van der Waals surface area contributed by atoms with Crippen LogP contribution in [0.5, 0.6) is 17.2 Å². The van der Waals surface area contributed by atoms with E-state index in [4.69, 9.17) is 18.9 Å². The number of rotatable bonds is 8. The van der Waals surface area contributed by atoms with Crippen LogP contribution >= 0.6 is 0 Å². The minimum atomic E-state index is -0.899. The maximum absolute atomic E-state index is 13.7. The zero-order valence-electron chi connectivity index (χ0n) is 23.4. The molecule has 2 saturated heterocycles. The summed E-state index contributed by atoms with van der Waals surface area (Å²) in [6.45, 7) is 7.21. The average molecular weight is 551 g/mol. The molecule has 11 heteroatoms. The highest BCUT2D eigenvalue weighted by Crippen LogP contribution is 2.46. The fourth-order valence-corrected chi connectivity index (χ4v) is 5.52. The second-order valence-corrected chi connectivity index (χ2v) is 9.84. The molecule has 212 valence electrons. The van der Waals surface area contributed by atoms with Gasteiger partial charge >= 0.3 is 0 Å². The van der Waals surface area contributed by atoms with E-state index in [0.29, 0.717) is 59.6 Å². The lowest BCUT2D eigenvalue weighted by atomic mass is 9.95. The van der Waals surface area contributed by atoms with Gasteiger partial charge in [0.25, 0.3) is 11.7 Å². The van der Waals surface area contributed by atoms with Gasteiger partial charge in [-0.15, -0.1) is 0 Å². The quantitative estimate of drug-likeness (QED) is 0.257. The summed E-state index contributed by atoms with van der Waals surface area (Å²) in [4.78, 5) is 35.6. The van der Waals surface area contributed by atoms with Crippen molar-refractivity contribution in [3.8, 4) is 17.2 Å². The lowest BCUT2D eigenvalue weighted by Crippen LogP contribution is -2.42. The summed E-state index contributed by atoms with van der Waals surface area (Å²) in [5.41, 5.74) is 2.99. The Balaban J connectivity index is 1.69. The number of likely N-dealkylation sites (tertiary alicyclic amines) is 1. The molecule has 0 saturated carbocycles. The maximum Gasteiger partial charge on any atom is 0.295 e. The second-order valence-electron chi connectivity index (χ2n) is 9.84. The van der Waals surface area contributed by atoms with Crippen LogP contribution in [0.1, 0.15) is 28.6 Å². The van der Waals surface area contributed by atoms with E-state index in [-0.39, 0.29) is 17.9 Å². The summed E-state index contributed by atoms with van der Waals surface area (Å²) in [5.74, 6) is -0.611. The number of benzene rings is 1. The van der Waals surface area contributed by atoms with Crippen LogP contribution in [-0.4, -0.2) is 96.7 Å². The fraction of sp³-hybridized carbons (Fsp3) is 0.414. The monoisotopic (exact) mass is 550 g/mol. The molecule has 2 aromatic heterocycles. The number of aliphatic hydroxyl groups is 1. The number of aryl methyl sites for hydroxylation is 2. The summed E-state index contributed by atoms with van der Waals surface area (Å²) in [6.07, 6.45) is 1.78. The first-order valence-electron chi connectivity index (χ1n) is 13.1. The number of aromatic nitrogens is 2. The van der Waals surface area contributed by atoms with Crippen molar-refractivity contribution in [3.05, 3.63) is 58.6 Å². The van der Waals surface area contributed by atoms with Crippen LogP contribution in [0.3, 0.4) is 0 Å². The molecular formula is C29H34N4O7. The van der Waals surface area contributed by atoms with Crippen molar-refractivity contribution in [2.45, 2.75) is 19.9 Å². The number of amides is 1. The summed E-state index contributed by atoms with van der Waals surface area (Å²) >= 11 is 0. The Labute approximate surface area is 232 Å². The molecule has 40 heavy (non-hydrogen) atoms. The molecule has 0 unspecified atom stereocenters. The number of morpholine rings is 1. The smallest absolute Gasteiger partial charge is 0.295 e. The van der Waals surface area contributed by atoms with E-state index < -0.39 is 17.7 Å². The number of methoxy groups -OCH3 is 3. The third-order valence-corrected chi connectivity index (χ3v) is 7.55. The number of carbonyl (C=O) groups excluding carboxylic acids is 2. The molecule has 1 N–H and O–H groups in total. The van der Waals surface area contributed by atoms with Crippen molar-refractivity contribution in [1.82, 2.24) is 19.2 Å². The molecule has 2 aliphatic heterocycles. The number of ketones is 1. The standard InChI is InChI=1S/C29H34N4O7/c1-17-7-6-8-32-23(18(2)30-28(17)32)25(34)22-24(19-15-20(37-3)27(39-5)21(16-19)38-4)33(29(36)26(22)35)10-9-31-11-13-40-14-12-31/h6-8,15-16,24,34H,9-14H2,1-5H3/t24-/m0/s1. The average Bonchev–Trinajstić information content (AvgIpc) is 3.44. The first-order valence-corrected chi connectivity index (χ1v) is 13.1. The highest BCUT2D eigenvalue weighted by Gasteiger charge is 2.47. The number of hydrogen-bond donors (Lipinski definition) is 1. The van der Waals surface area contributed by atoms with Gasteiger partial charge in [-0.25, -0.2) is 4.98 Å². The number of hydrogen-bond acceptors (Lipinski definition) is 9. The third-order valence-electron chi connectivity index (χ3n) is 7.55. The minimum Gasteiger partial charge on any atom is -0.505 e. The number of fused-ring (bicyclic) bond motifs is 1. The van der Waals surface area contributed by atoms with Gasteiger partial charge in [0.15, 0.2) is 17.3 Å². The van der Waals surface area contributed by atoms with Crippen molar-refractivity contribution in [1.29, 1.82) is 0 Å². The van der Waals surface area contributed by atoms with E-state index in [0.717, 1.165) is 18.7 Å². The highest BCUT2D eigenvalue weighted by atomic mass is 16.5. The summed E-state index contributed by atoms with van der Waals surface area (Å²) in [7, 11) is 4.51. The predicted molar refractivity (Wildman–Crippen MR) is 147 cm³/mol. The highest BCUT2D eigenvalue weighted by molar-refractivity contribution is 6.46. The third kappa shape index (κ3) is 4.65. The summed E-state index contributed by atoms with van der Waals surface area (Å²) in [5, 5.41) is 11.8. The Morgan fingerprint density at radius 1 is 1.05 bits per heavy atom. The molecule has 2 fully saturated rings. The van der Waals surface area contributed by atoms with Gasteiger partial charge in [0.2, 0.25) is 5.75 Å². The van der Waals surface area contributed by atoms with Crippen LogP contribution in [0, 0.1) is 13.8 Å². The van der Waals surface area contributed by atoms with E-state index in [1.165, 1.54) is 26.2 Å². The number of pyridine rings is 1. The molecule has 1 aromatic carbocycles. The molecule has 0 spiro atoms. The van der Waals surface area contributed by atoms with Crippen molar-refractivity contribution >= 4 is 23.1 Å². The van der Waals surface area contributed by atoms with Crippen molar-refractivity contribution in [3.63, 3.8) is 0 Å². The number of imidazole rings is 1. The van der Waals surface area contributed by atoms with Gasteiger partial charge in [0.1, 0.15) is 11.3 Å². The van der Waals surface area contributed by atoms with E-state index >= 15 is 0 Å². The molecule has 5 rings (SSSR count). The van der Waals surface area contributed by atoms with Crippen molar-refractivity contribution in [2.24, 2.45) is 0 Å². The van der Waals surface area contributed by atoms with Gasteiger partial charge in [-0.05, 0) is 43.2 Å². The van der Waals surface area contributed by atoms with Crippen LogP contribution in [0.15, 0.2) is 36.0 Å². The van der Waals surface area contributed by atoms with Crippen LogP contribution in [0.2, 0.25) is 0 Å². The Kier molecular flexibility index (Phi) is 7.68. The largest absolute Gasteiger partial charge is 0.505 e. The van der Waals surface area contributed by atoms with E-state index in [1.807, 2.05) is 19.1 Å². The lowest BCUT2D eigenvalue weighted by Gasteiger charge is -2.31. The molecule has 0 aliphatic carbocycles.